The number of rotatable bonds is 4. The van der Waals surface area contributed by atoms with Gasteiger partial charge in [-0.1, -0.05) is 13.3 Å². The van der Waals surface area contributed by atoms with Crippen molar-refractivity contribution in [3.8, 4) is 0 Å². The molecule has 0 saturated heterocycles. The second-order valence-corrected chi connectivity index (χ2v) is 4.06. The number of nitrogens with one attached hydrogen (secondary N) is 2. The van der Waals surface area contributed by atoms with Gasteiger partial charge in [0.05, 0.1) is 6.42 Å². The van der Waals surface area contributed by atoms with Crippen LogP contribution in [0.5, 0.6) is 0 Å². The molecule has 3 N–H and O–H groups in total. The fourth-order valence-electron chi connectivity index (χ4n) is 1.86. The first-order chi connectivity index (χ1) is 7.09. The van der Waals surface area contributed by atoms with Crippen LogP contribution in [-0.2, 0) is 4.79 Å². The van der Waals surface area contributed by atoms with Crippen LogP contribution in [0.25, 0.3) is 0 Å². The molecule has 0 aromatic heterocycles. The summed E-state index contributed by atoms with van der Waals surface area (Å²) in [5.41, 5.74) is 0. The Labute approximate surface area is 89.2 Å². The van der Waals surface area contributed by atoms with Crippen molar-refractivity contribution < 1.29 is 14.7 Å². The highest BCUT2D eigenvalue weighted by molar-refractivity contribution is 5.75. The van der Waals surface area contributed by atoms with Crippen molar-refractivity contribution >= 4 is 12.0 Å². The molecule has 0 aromatic rings. The molecule has 2 atom stereocenters. The lowest BCUT2D eigenvalue weighted by molar-refractivity contribution is -0.136. The Bertz CT molecular complexity index is 243. The molecule has 0 radical (unpaired) electrons. The van der Waals surface area contributed by atoms with E-state index in [1.807, 2.05) is 0 Å². The molecule has 2 unspecified atom stereocenters. The minimum Gasteiger partial charge on any atom is -0.481 e. The van der Waals surface area contributed by atoms with Crippen LogP contribution in [-0.4, -0.2) is 29.7 Å². The number of carbonyl (C=O) groups excluding carboxylic acids is 1. The Morgan fingerprint density at radius 2 is 2.13 bits per heavy atom. The first-order valence-corrected chi connectivity index (χ1v) is 5.35. The molecular formula is C10H18N2O3. The molecule has 0 aromatic carbocycles. The minimum absolute atomic E-state index is 0.0341. The van der Waals surface area contributed by atoms with E-state index in [1.54, 1.807) is 0 Å². The van der Waals surface area contributed by atoms with Gasteiger partial charge in [0.1, 0.15) is 0 Å². The van der Waals surface area contributed by atoms with Crippen molar-refractivity contribution in [3.05, 3.63) is 0 Å². The van der Waals surface area contributed by atoms with Crippen molar-refractivity contribution in [1.29, 1.82) is 0 Å². The maximum Gasteiger partial charge on any atom is 0.315 e. The predicted molar refractivity (Wildman–Crippen MR) is 55.6 cm³/mol. The summed E-state index contributed by atoms with van der Waals surface area (Å²) < 4.78 is 0. The fraction of sp³-hybridized carbons (Fsp3) is 0.800. The Kier molecular flexibility index (Phi) is 4.39. The van der Waals surface area contributed by atoms with E-state index in [4.69, 9.17) is 5.11 Å². The molecule has 0 aliphatic heterocycles. The molecule has 5 nitrogen and oxygen atoms in total. The topological polar surface area (TPSA) is 78.4 Å². The summed E-state index contributed by atoms with van der Waals surface area (Å²) in [6, 6.07) is -0.00942. The number of carboxylic acid groups (broad SMARTS) is 1. The quantitative estimate of drug-likeness (QED) is 0.652. The molecule has 1 saturated carbocycles. The van der Waals surface area contributed by atoms with Gasteiger partial charge < -0.3 is 15.7 Å². The summed E-state index contributed by atoms with van der Waals surface area (Å²) in [7, 11) is 0. The van der Waals surface area contributed by atoms with Gasteiger partial charge in [-0.25, -0.2) is 4.79 Å². The molecule has 5 heteroatoms. The average Bonchev–Trinajstić information content (AvgIpc) is 2.51. The fourth-order valence-corrected chi connectivity index (χ4v) is 1.86. The lowest BCUT2D eigenvalue weighted by Crippen LogP contribution is -2.43. The Balaban J connectivity index is 2.15. The number of hydrogen-bond donors (Lipinski definition) is 3. The molecule has 15 heavy (non-hydrogen) atoms. The summed E-state index contributed by atoms with van der Waals surface area (Å²) in [5.74, 6) is -0.375. The maximum absolute atomic E-state index is 11.3. The van der Waals surface area contributed by atoms with Gasteiger partial charge in [-0.3, -0.25) is 4.79 Å². The monoisotopic (exact) mass is 214 g/mol. The summed E-state index contributed by atoms with van der Waals surface area (Å²) in [5, 5.41) is 13.8. The molecule has 2 amide bonds. The van der Waals surface area contributed by atoms with E-state index < -0.39 is 5.97 Å². The highest BCUT2D eigenvalue weighted by Crippen LogP contribution is 2.24. The smallest absolute Gasteiger partial charge is 0.315 e. The maximum atomic E-state index is 11.3. The first-order valence-electron chi connectivity index (χ1n) is 5.35. The van der Waals surface area contributed by atoms with Crippen LogP contribution in [0.15, 0.2) is 0 Å². The molecule has 86 valence electrons. The van der Waals surface area contributed by atoms with Gasteiger partial charge in [0, 0.05) is 12.6 Å². The van der Waals surface area contributed by atoms with Gasteiger partial charge >= 0.3 is 12.0 Å². The molecule has 1 aliphatic carbocycles. The molecule has 1 fully saturated rings. The molecule has 1 aliphatic rings. The number of hydrogen-bond acceptors (Lipinski definition) is 2. The molecular weight excluding hydrogens is 196 g/mol. The minimum atomic E-state index is -0.899. The number of aliphatic carboxylic acids is 1. The lowest BCUT2D eigenvalue weighted by Gasteiger charge is -2.17. The van der Waals surface area contributed by atoms with E-state index >= 15 is 0 Å². The third-order valence-corrected chi connectivity index (χ3v) is 2.80. The summed E-state index contributed by atoms with van der Waals surface area (Å²) in [6.45, 7) is 2.30. The van der Waals surface area contributed by atoms with Crippen LogP contribution in [0, 0.1) is 5.92 Å². The largest absolute Gasteiger partial charge is 0.481 e. The van der Waals surface area contributed by atoms with Crippen molar-refractivity contribution in [2.45, 2.75) is 38.6 Å². The van der Waals surface area contributed by atoms with Gasteiger partial charge in [0.25, 0.3) is 0 Å². The van der Waals surface area contributed by atoms with Crippen LogP contribution in [0.3, 0.4) is 0 Å². The Morgan fingerprint density at radius 3 is 2.67 bits per heavy atom. The zero-order valence-corrected chi connectivity index (χ0v) is 8.95. The zero-order valence-electron chi connectivity index (χ0n) is 8.95. The molecule has 0 heterocycles. The molecule has 0 bridgehead atoms. The zero-order chi connectivity index (χ0) is 11.3. The van der Waals surface area contributed by atoms with E-state index in [1.165, 1.54) is 0 Å². The van der Waals surface area contributed by atoms with Crippen LogP contribution in [0.2, 0.25) is 0 Å². The van der Waals surface area contributed by atoms with Crippen LogP contribution >= 0.6 is 0 Å². The Hall–Kier alpha value is -1.26. The third-order valence-electron chi connectivity index (χ3n) is 2.80. The van der Waals surface area contributed by atoms with E-state index in [-0.39, 0.29) is 25.0 Å². The van der Waals surface area contributed by atoms with Gasteiger partial charge in [0.2, 0.25) is 0 Å². The van der Waals surface area contributed by atoms with Crippen molar-refractivity contribution in [1.82, 2.24) is 10.6 Å². The molecule has 0 spiro atoms. The van der Waals surface area contributed by atoms with E-state index in [2.05, 4.69) is 17.6 Å². The van der Waals surface area contributed by atoms with Crippen LogP contribution in [0.1, 0.15) is 32.6 Å². The number of carboxylic acids is 1. The van der Waals surface area contributed by atoms with Gasteiger partial charge in [-0.05, 0) is 18.8 Å². The summed E-state index contributed by atoms with van der Waals surface area (Å²) >= 11 is 0. The van der Waals surface area contributed by atoms with Gasteiger partial charge in [-0.15, -0.1) is 0 Å². The lowest BCUT2D eigenvalue weighted by atomic mass is 10.1. The van der Waals surface area contributed by atoms with Crippen LogP contribution < -0.4 is 10.6 Å². The van der Waals surface area contributed by atoms with Gasteiger partial charge in [0.15, 0.2) is 0 Å². The van der Waals surface area contributed by atoms with Crippen molar-refractivity contribution in [2.24, 2.45) is 5.92 Å². The Morgan fingerprint density at radius 1 is 1.40 bits per heavy atom. The van der Waals surface area contributed by atoms with Crippen molar-refractivity contribution in [2.75, 3.05) is 6.54 Å². The van der Waals surface area contributed by atoms with E-state index in [0.717, 1.165) is 19.3 Å². The highest BCUT2D eigenvalue weighted by atomic mass is 16.4. The van der Waals surface area contributed by atoms with E-state index in [9.17, 15) is 9.59 Å². The first kappa shape index (κ1) is 11.8. The van der Waals surface area contributed by atoms with Crippen LogP contribution in [0.4, 0.5) is 4.79 Å². The highest BCUT2D eigenvalue weighted by Gasteiger charge is 2.24. The number of carbonyl (C=O) groups is 2. The van der Waals surface area contributed by atoms with Gasteiger partial charge in [-0.2, -0.15) is 0 Å². The normalized spacial score (nSPS) is 24.9. The van der Waals surface area contributed by atoms with E-state index in [0.29, 0.717) is 5.92 Å². The third kappa shape index (κ3) is 4.18. The summed E-state index contributed by atoms with van der Waals surface area (Å²) in [4.78, 5) is 21.5. The SMILES string of the molecule is CC1CCCC1NC(=O)NCCC(=O)O. The van der Waals surface area contributed by atoms with Crippen molar-refractivity contribution in [3.63, 3.8) is 0 Å². The predicted octanol–water partition coefficient (Wildman–Crippen LogP) is 0.949. The summed E-state index contributed by atoms with van der Waals surface area (Å²) in [6.07, 6.45) is 3.29. The number of urea groups is 1. The standard InChI is InChI=1S/C10H18N2O3/c1-7-3-2-4-8(7)12-10(15)11-6-5-9(13)14/h7-8H,2-6H2,1H3,(H,13,14)(H2,11,12,15). The average molecular weight is 214 g/mol. The second-order valence-electron chi connectivity index (χ2n) is 4.06. The number of amides is 2. The molecule has 1 rings (SSSR count). The second kappa shape index (κ2) is 5.58.